The molecule has 4 aromatic rings. The number of aromatic nitrogens is 4. The van der Waals surface area contributed by atoms with Gasteiger partial charge in [-0.15, -0.1) is 12.8 Å². The summed E-state index contributed by atoms with van der Waals surface area (Å²) in [6.45, 7) is 2.43. The van der Waals surface area contributed by atoms with Gasteiger partial charge in [-0.25, -0.2) is 15.0 Å². The van der Waals surface area contributed by atoms with E-state index in [0.717, 1.165) is 18.3 Å². The molecule has 3 N–H and O–H groups in total. The first kappa shape index (κ1) is 30.2. The summed E-state index contributed by atoms with van der Waals surface area (Å²) < 4.78 is 40.9. The highest BCUT2D eigenvalue weighted by molar-refractivity contribution is 6.15. The number of alkyl halides is 3. The van der Waals surface area contributed by atoms with Crippen molar-refractivity contribution in [1.29, 1.82) is 0 Å². The summed E-state index contributed by atoms with van der Waals surface area (Å²) in [7, 11) is 0. The number of pyridine rings is 1. The van der Waals surface area contributed by atoms with Crippen molar-refractivity contribution in [3.63, 3.8) is 0 Å². The molecule has 10 nitrogen and oxygen atoms in total. The van der Waals surface area contributed by atoms with E-state index in [1.807, 2.05) is 11.3 Å². The molecule has 0 unspecified atom stereocenters. The Hall–Kier alpha value is -5.25. The molecule has 1 saturated carbocycles. The number of Topliss-reactive ketones (excluding diaryl/α,β-unsaturated/α-hetero) is 1. The van der Waals surface area contributed by atoms with E-state index >= 15 is 0 Å². The Kier molecular flexibility index (Phi) is 7.86. The highest BCUT2D eigenvalue weighted by atomic mass is 19.4. The van der Waals surface area contributed by atoms with Crippen molar-refractivity contribution in [3.05, 3.63) is 71.9 Å². The maximum Gasteiger partial charge on any atom is 0.416 e. The molecule has 4 heterocycles. The van der Waals surface area contributed by atoms with Crippen LogP contribution in [0.3, 0.4) is 0 Å². The van der Waals surface area contributed by atoms with Gasteiger partial charge in [-0.05, 0) is 43.5 Å². The number of nitrogens with zero attached hydrogens (tertiary/aromatic N) is 5. The predicted molar refractivity (Wildman–Crippen MR) is 156 cm³/mol. The monoisotopic (exact) mass is 603 g/mol. The number of carbonyl (C=O) groups is 3. The van der Waals surface area contributed by atoms with Gasteiger partial charge in [0.15, 0.2) is 5.78 Å². The largest absolute Gasteiger partial charge is 0.416 e. The topological polar surface area (TPSA) is 136 Å². The number of benzene rings is 1. The van der Waals surface area contributed by atoms with Gasteiger partial charge in [0, 0.05) is 42.2 Å². The predicted octanol–water partition coefficient (Wildman–Crippen LogP) is 4.58. The number of likely N-dealkylation sites (tertiary alicyclic amines) is 1. The summed E-state index contributed by atoms with van der Waals surface area (Å²) in [5.74, 6) is -0.273. The number of nitrogens with two attached hydrogens (primary N) is 1. The second kappa shape index (κ2) is 11.4. The first-order valence-corrected chi connectivity index (χ1v) is 13.8. The molecule has 2 amide bonds. The van der Waals surface area contributed by atoms with Crippen molar-refractivity contribution in [1.82, 2.24) is 24.3 Å². The lowest BCUT2D eigenvalue weighted by molar-refractivity contribution is -0.137. The number of fused-ring (bicyclic) bond motifs is 1. The van der Waals surface area contributed by atoms with Gasteiger partial charge in [0.2, 0.25) is 5.91 Å². The van der Waals surface area contributed by atoms with E-state index < -0.39 is 23.1 Å². The number of imidazole rings is 1. The molecule has 1 saturated heterocycles. The van der Waals surface area contributed by atoms with Gasteiger partial charge in [-0.3, -0.25) is 18.8 Å². The van der Waals surface area contributed by atoms with Crippen molar-refractivity contribution >= 4 is 34.8 Å². The fraction of sp³-hybridized carbons (Fsp3) is 0.290. The molecule has 226 valence electrons. The number of ketones is 1. The zero-order chi connectivity index (χ0) is 31.8. The zero-order valence-electron chi connectivity index (χ0n) is 23.6. The quantitative estimate of drug-likeness (QED) is 0.233. The number of nitrogens with one attached hydrogen (secondary N) is 1. The number of anilines is 2. The standard InChI is InChI=1S/C29H26F3N7O3.C2H2/c1-2-16(14-38-15-20(40)28(8-9-28)27(38)42)25-37-22(23-24(33)35-11-12-39(23)25)17-3-5-18(6-4-17)26(41)36-21-13-19(7-10-34-21)29(30,31)32;1-2/h3-7,10-13,16H,2,8-9,14-15H2,1H3,(H2,33,35)(H,34,36,41);1-2H/t16-;/m1./s1. The van der Waals surface area contributed by atoms with Crippen LogP contribution in [0.1, 0.15) is 53.8 Å². The van der Waals surface area contributed by atoms with Crippen LogP contribution in [0.25, 0.3) is 16.8 Å². The summed E-state index contributed by atoms with van der Waals surface area (Å²) in [4.78, 5) is 52.7. The van der Waals surface area contributed by atoms with Gasteiger partial charge in [0.1, 0.15) is 34.1 Å². The summed E-state index contributed by atoms with van der Waals surface area (Å²) >= 11 is 0. The lowest BCUT2D eigenvalue weighted by Crippen LogP contribution is -2.32. The van der Waals surface area contributed by atoms with Crippen LogP contribution < -0.4 is 11.1 Å². The minimum atomic E-state index is -4.56. The highest BCUT2D eigenvalue weighted by Crippen LogP contribution is 2.51. The molecule has 2 fully saturated rings. The smallest absolute Gasteiger partial charge is 0.382 e. The molecule has 44 heavy (non-hydrogen) atoms. The van der Waals surface area contributed by atoms with Crippen LogP contribution in [0.4, 0.5) is 24.8 Å². The van der Waals surface area contributed by atoms with Gasteiger partial charge in [0.05, 0.1) is 12.1 Å². The van der Waals surface area contributed by atoms with Gasteiger partial charge >= 0.3 is 6.18 Å². The minimum absolute atomic E-state index is 0.0163. The van der Waals surface area contributed by atoms with Crippen LogP contribution in [0.15, 0.2) is 55.0 Å². The average molecular weight is 604 g/mol. The third-order valence-corrected chi connectivity index (χ3v) is 7.97. The second-order valence-electron chi connectivity index (χ2n) is 10.6. The zero-order valence-corrected chi connectivity index (χ0v) is 23.6. The van der Waals surface area contributed by atoms with E-state index in [9.17, 15) is 27.6 Å². The van der Waals surface area contributed by atoms with Gasteiger partial charge < -0.3 is 16.0 Å². The third-order valence-electron chi connectivity index (χ3n) is 7.97. The van der Waals surface area contributed by atoms with E-state index in [4.69, 9.17) is 10.7 Å². The minimum Gasteiger partial charge on any atom is -0.382 e. The van der Waals surface area contributed by atoms with Crippen LogP contribution in [-0.4, -0.2) is 54.9 Å². The molecule has 0 bridgehead atoms. The molecule has 0 radical (unpaired) electrons. The molecular weight excluding hydrogens is 575 g/mol. The van der Waals surface area contributed by atoms with E-state index in [1.54, 1.807) is 29.4 Å². The van der Waals surface area contributed by atoms with Crippen LogP contribution in [-0.2, 0) is 15.8 Å². The Labute approximate surface area is 250 Å². The van der Waals surface area contributed by atoms with Crippen molar-refractivity contribution in [2.45, 2.75) is 38.3 Å². The molecule has 1 aliphatic heterocycles. The Morgan fingerprint density at radius 1 is 1.11 bits per heavy atom. The molecule has 1 spiro atoms. The summed E-state index contributed by atoms with van der Waals surface area (Å²) in [6.07, 6.45) is 9.58. The van der Waals surface area contributed by atoms with E-state index in [1.165, 1.54) is 12.1 Å². The fourth-order valence-corrected chi connectivity index (χ4v) is 5.46. The summed E-state index contributed by atoms with van der Waals surface area (Å²) in [6, 6.07) is 7.96. The van der Waals surface area contributed by atoms with Crippen LogP contribution in [0.5, 0.6) is 0 Å². The Morgan fingerprint density at radius 3 is 2.43 bits per heavy atom. The first-order valence-electron chi connectivity index (χ1n) is 13.8. The third kappa shape index (κ3) is 5.34. The summed E-state index contributed by atoms with van der Waals surface area (Å²) in [5.41, 5.74) is 6.44. The highest BCUT2D eigenvalue weighted by Gasteiger charge is 2.62. The number of terminal acetylenes is 1. The van der Waals surface area contributed by atoms with Crippen LogP contribution in [0, 0.1) is 18.3 Å². The van der Waals surface area contributed by atoms with E-state index in [-0.39, 0.29) is 41.4 Å². The number of amides is 2. The molecule has 6 rings (SSSR count). The molecule has 1 aromatic carbocycles. The van der Waals surface area contributed by atoms with Gasteiger partial charge in [-0.2, -0.15) is 13.2 Å². The summed E-state index contributed by atoms with van der Waals surface area (Å²) in [5, 5.41) is 2.39. The van der Waals surface area contributed by atoms with Crippen molar-refractivity contribution in [3.8, 4) is 24.1 Å². The number of halogens is 3. The molecular formula is C31H28F3N7O3. The van der Waals surface area contributed by atoms with E-state index in [0.29, 0.717) is 48.4 Å². The molecule has 1 aliphatic carbocycles. The van der Waals surface area contributed by atoms with Crippen LogP contribution in [0.2, 0.25) is 0 Å². The number of hydrogen-bond donors (Lipinski definition) is 2. The van der Waals surface area contributed by atoms with Gasteiger partial charge in [-0.1, -0.05) is 19.1 Å². The van der Waals surface area contributed by atoms with Gasteiger partial charge in [0.25, 0.3) is 5.91 Å². The lowest BCUT2D eigenvalue weighted by Gasteiger charge is -2.22. The molecule has 13 heteroatoms. The molecule has 3 aromatic heterocycles. The van der Waals surface area contributed by atoms with Crippen molar-refractivity contribution < 1.29 is 27.6 Å². The maximum absolute atomic E-state index is 13.0. The van der Waals surface area contributed by atoms with Crippen molar-refractivity contribution in [2.75, 3.05) is 24.1 Å². The van der Waals surface area contributed by atoms with Crippen molar-refractivity contribution in [2.24, 2.45) is 5.41 Å². The molecule has 1 atom stereocenters. The number of nitrogen functional groups attached to an aromatic ring is 1. The average Bonchev–Trinajstić information content (AvgIpc) is 3.69. The maximum atomic E-state index is 13.0. The lowest BCUT2D eigenvalue weighted by atomic mass is 10.0. The SMILES string of the molecule is C#C.CC[C@H](CN1CC(=O)C2(CC2)C1=O)c1nc(-c2ccc(C(=O)Nc3cc(C(F)(F)F)ccn3)cc2)c2c(N)nccn12. The number of carbonyl (C=O) groups excluding carboxylic acids is 3. The number of hydrogen-bond acceptors (Lipinski definition) is 7. The van der Waals surface area contributed by atoms with Crippen LogP contribution >= 0.6 is 0 Å². The normalized spacial score (nSPS) is 16.1. The second-order valence-corrected chi connectivity index (χ2v) is 10.6. The Morgan fingerprint density at radius 2 is 1.82 bits per heavy atom. The van der Waals surface area contributed by atoms with E-state index in [2.05, 4.69) is 28.1 Å². The Balaban J connectivity index is 0.00000188. The Bertz CT molecular complexity index is 1780. The fourth-order valence-electron chi connectivity index (χ4n) is 5.46. The number of rotatable bonds is 7. The molecule has 2 aliphatic rings. The first-order chi connectivity index (χ1) is 21.0.